The van der Waals surface area contributed by atoms with Crippen molar-refractivity contribution in [2.45, 2.75) is 31.6 Å². The van der Waals surface area contributed by atoms with Crippen molar-refractivity contribution in [3.63, 3.8) is 0 Å². The number of ether oxygens (including phenoxy) is 1. The molecule has 1 aliphatic carbocycles. The molecule has 1 aliphatic heterocycles. The van der Waals surface area contributed by atoms with Crippen LogP contribution in [0.3, 0.4) is 0 Å². The Labute approximate surface area is 213 Å². The fourth-order valence-corrected chi connectivity index (χ4v) is 6.58. The Kier molecular flexibility index (Phi) is 4.39. The lowest BCUT2D eigenvalue weighted by Crippen LogP contribution is -2.25. The van der Waals surface area contributed by atoms with Gasteiger partial charge in [-0.2, -0.15) is 0 Å². The van der Waals surface area contributed by atoms with Crippen LogP contribution in [0.4, 0.5) is 0 Å². The number of para-hydroxylation sites is 2. The Hall–Kier alpha value is -4.10. The van der Waals surface area contributed by atoms with Crippen LogP contribution in [0.15, 0.2) is 115 Å². The third kappa shape index (κ3) is 2.72. The van der Waals surface area contributed by atoms with E-state index in [4.69, 9.17) is 4.74 Å². The van der Waals surface area contributed by atoms with Gasteiger partial charge in [-0.3, -0.25) is 0 Å². The standard InChI is InChI=1S/C35H28O/c1-34(2)29-20-9-10-22-31(29)36-33-27(18-12-21-30(33)34)26-17-11-16-25-24-15-7-8-19-28(24)35(3,32(25)26)23-13-5-4-6-14-23/h4-22H,1-3H3. The molecule has 1 heterocycles. The lowest BCUT2D eigenvalue weighted by Gasteiger charge is -2.36. The number of hydrogen-bond acceptors (Lipinski definition) is 1. The predicted molar refractivity (Wildman–Crippen MR) is 148 cm³/mol. The molecule has 1 unspecified atom stereocenters. The fourth-order valence-electron chi connectivity index (χ4n) is 6.58. The Morgan fingerprint density at radius 2 is 1.03 bits per heavy atom. The van der Waals surface area contributed by atoms with Crippen LogP contribution in [0, 0.1) is 0 Å². The van der Waals surface area contributed by atoms with Gasteiger partial charge in [0, 0.05) is 27.5 Å². The van der Waals surface area contributed by atoms with Crippen LogP contribution in [-0.2, 0) is 10.8 Å². The highest BCUT2D eigenvalue weighted by Crippen LogP contribution is 2.58. The molecule has 5 aromatic rings. The smallest absolute Gasteiger partial charge is 0.139 e. The quantitative estimate of drug-likeness (QED) is 0.253. The summed E-state index contributed by atoms with van der Waals surface area (Å²) < 4.78 is 6.71. The molecule has 5 aromatic carbocycles. The molecule has 0 bridgehead atoms. The summed E-state index contributed by atoms with van der Waals surface area (Å²) in [6.07, 6.45) is 0. The lowest BCUT2D eigenvalue weighted by atomic mass is 9.71. The molecule has 0 radical (unpaired) electrons. The number of fused-ring (bicyclic) bond motifs is 5. The average molecular weight is 465 g/mol. The van der Waals surface area contributed by atoms with Crippen molar-refractivity contribution >= 4 is 0 Å². The largest absolute Gasteiger partial charge is 0.456 e. The van der Waals surface area contributed by atoms with Gasteiger partial charge < -0.3 is 4.74 Å². The molecule has 2 aliphatic rings. The minimum atomic E-state index is -0.269. The number of rotatable bonds is 2. The Bertz CT molecular complexity index is 1640. The molecular formula is C35H28O. The van der Waals surface area contributed by atoms with E-state index in [-0.39, 0.29) is 10.8 Å². The van der Waals surface area contributed by atoms with E-state index < -0.39 is 0 Å². The van der Waals surface area contributed by atoms with Crippen LogP contribution in [0.1, 0.15) is 48.6 Å². The van der Waals surface area contributed by atoms with E-state index in [1.165, 1.54) is 44.5 Å². The zero-order chi connectivity index (χ0) is 24.5. The molecule has 0 amide bonds. The zero-order valence-corrected chi connectivity index (χ0v) is 20.9. The maximum atomic E-state index is 6.71. The SMILES string of the molecule is CC1(C)c2ccccc2Oc2c(-c3cccc4c3C(C)(c3ccccc3)c3ccccc3-4)cccc21. The van der Waals surface area contributed by atoms with Gasteiger partial charge in [0.15, 0.2) is 0 Å². The molecule has 1 heteroatoms. The molecule has 0 saturated carbocycles. The van der Waals surface area contributed by atoms with Crippen molar-refractivity contribution in [2.75, 3.05) is 0 Å². The van der Waals surface area contributed by atoms with Crippen LogP contribution in [0.5, 0.6) is 11.5 Å². The first kappa shape index (κ1) is 21.2. The van der Waals surface area contributed by atoms with Gasteiger partial charge in [-0.05, 0) is 46.4 Å². The van der Waals surface area contributed by atoms with Gasteiger partial charge in [-0.1, -0.05) is 123 Å². The molecule has 174 valence electrons. The Morgan fingerprint density at radius 1 is 0.472 bits per heavy atom. The lowest BCUT2D eigenvalue weighted by molar-refractivity contribution is 0.419. The third-order valence-electron chi connectivity index (χ3n) is 8.42. The molecule has 1 nitrogen and oxygen atoms in total. The third-order valence-corrected chi connectivity index (χ3v) is 8.42. The second-order valence-corrected chi connectivity index (χ2v) is 10.7. The van der Waals surface area contributed by atoms with Crippen LogP contribution >= 0.6 is 0 Å². The molecule has 7 rings (SSSR count). The van der Waals surface area contributed by atoms with Gasteiger partial charge in [0.25, 0.3) is 0 Å². The summed E-state index contributed by atoms with van der Waals surface area (Å²) in [6.45, 7) is 6.98. The molecule has 0 spiro atoms. The summed E-state index contributed by atoms with van der Waals surface area (Å²) in [4.78, 5) is 0. The molecule has 36 heavy (non-hydrogen) atoms. The van der Waals surface area contributed by atoms with E-state index in [9.17, 15) is 0 Å². The average Bonchev–Trinajstić information content (AvgIpc) is 3.19. The van der Waals surface area contributed by atoms with E-state index in [1.54, 1.807) is 0 Å². The van der Waals surface area contributed by atoms with E-state index in [1.807, 2.05) is 0 Å². The Balaban J connectivity index is 1.53. The monoisotopic (exact) mass is 464 g/mol. The van der Waals surface area contributed by atoms with Crippen molar-refractivity contribution in [3.05, 3.63) is 143 Å². The second kappa shape index (κ2) is 7.45. The summed E-state index contributed by atoms with van der Waals surface area (Å²) in [6, 6.07) is 41.6. The fraction of sp³-hybridized carbons (Fsp3) is 0.143. The highest BCUT2D eigenvalue weighted by Gasteiger charge is 2.43. The van der Waals surface area contributed by atoms with Crippen molar-refractivity contribution in [2.24, 2.45) is 0 Å². The van der Waals surface area contributed by atoms with Crippen LogP contribution in [0.2, 0.25) is 0 Å². The summed E-state index contributed by atoms with van der Waals surface area (Å²) in [5, 5.41) is 0. The van der Waals surface area contributed by atoms with Gasteiger partial charge in [0.2, 0.25) is 0 Å². The minimum absolute atomic E-state index is 0.149. The van der Waals surface area contributed by atoms with Crippen LogP contribution in [0.25, 0.3) is 22.3 Å². The molecule has 0 aromatic heterocycles. The summed E-state index contributed by atoms with van der Waals surface area (Å²) in [5.41, 5.74) is 11.1. The highest BCUT2D eigenvalue weighted by atomic mass is 16.5. The summed E-state index contributed by atoms with van der Waals surface area (Å²) in [5.74, 6) is 1.92. The van der Waals surface area contributed by atoms with Crippen molar-refractivity contribution < 1.29 is 4.74 Å². The van der Waals surface area contributed by atoms with Crippen molar-refractivity contribution in [1.82, 2.24) is 0 Å². The number of hydrogen-bond donors (Lipinski definition) is 0. The summed E-state index contributed by atoms with van der Waals surface area (Å²) in [7, 11) is 0. The molecule has 1 atom stereocenters. The molecule has 0 saturated heterocycles. The van der Waals surface area contributed by atoms with Gasteiger partial charge in [0.1, 0.15) is 11.5 Å². The van der Waals surface area contributed by atoms with Gasteiger partial charge in [-0.15, -0.1) is 0 Å². The molecular weight excluding hydrogens is 436 g/mol. The molecule has 0 fully saturated rings. The van der Waals surface area contributed by atoms with E-state index in [2.05, 4.69) is 136 Å². The van der Waals surface area contributed by atoms with Gasteiger partial charge >= 0.3 is 0 Å². The van der Waals surface area contributed by atoms with Gasteiger partial charge in [-0.25, -0.2) is 0 Å². The first-order valence-electron chi connectivity index (χ1n) is 12.7. The zero-order valence-electron chi connectivity index (χ0n) is 20.9. The van der Waals surface area contributed by atoms with E-state index in [0.29, 0.717) is 0 Å². The first-order chi connectivity index (χ1) is 17.5. The van der Waals surface area contributed by atoms with E-state index in [0.717, 1.165) is 17.1 Å². The van der Waals surface area contributed by atoms with Crippen molar-refractivity contribution in [3.8, 4) is 33.8 Å². The second-order valence-electron chi connectivity index (χ2n) is 10.7. The van der Waals surface area contributed by atoms with E-state index >= 15 is 0 Å². The van der Waals surface area contributed by atoms with Crippen molar-refractivity contribution in [1.29, 1.82) is 0 Å². The van der Waals surface area contributed by atoms with Gasteiger partial charge in [0.05, 0.1) is 0 Å². The normalized spacial score (nSPS) is 18.4. The Morgan fingerprint density at radius 3 is 1.83 bits per heavy atom. The summed E-state index contributed by atoms with van der Waals surface area (Å²) >= 11 is 0. The maximum absolute atomic E-state index is 6.71. The topological polar surface area (TPSA) is 9.23 Å². The minimum Gasteiger partial charge on any atom is -0.456 e. The number of benzene rings is 5. The highest BCUT2D eigenvalue weighted by molar-refractivity contribution is 5.92. The first-order valence-corrected chi connectivity index (χ1v) is 12.7. The van der Waals surface area contributed by atoms with Crippen LogP contribution < -0.4 is 4.74 Å². The maximum Gasteiger partial charge on any atom is 0.139 e. The van der Waals surface area contributed by atoms with Crippen LogP contribution in [-0.4, -0.2) is 0 Å². The molecule has 0 N–H and O–H groups in total. The predicted octanol–water partition coefficient (Wildman–Crippen LogP) is 9.12.